The van der Waals surface area contributed by atoms with Crippen molar-refractivity contribution in [1.82, 2.24) is 14.7 Å². The van der Waals surface area contributed by atoms with E-state index in [0.717, 1.165) is 45.2 Å². The highest BCUT2D eigenvalue weighted by molar-refractivity contribution is 5.79. The summed E-state index contributed by atoms with van der Waals surface area (Å²) in [7, 11) is 0. The third-order valence-electron chi connectivity index (χ3n) is 4.69. The molecule has 0 radical (unpaired) electrons. The minimum Gasteiger partial charge on any atom is -0.338 e. The second-order valence-corrected chi connectivity index (χ2v) is 6.40. The normalized spacial score (nSPS) is 26.0. The second-order valence-electron chi connectivity index (χ2n) is 6.40. The molecule has 1 aliphatic carbocycles. The molecule has 1 saturated heterocycles. The van der Waals surface area contributed by atoms with E-state index in [4.69, 9.17) is 0 Å². The maximum Gasteiger partial charge on any atom is 0.226 e. The first-order chi connectivity index (χ1) is 10.2. The predicted octanol–water partition coefficient (Wildman–Crippen LogP) is 2.93. The Balaban J connectivity index is 1.68. The molecule has 2 heterocycles. The third kappa shape index (κ3) is 3.36. The van der Waals surface area contributed by atoms with Crippen LogP contribution in [-0.4, -0.2) is 33.2 Å². The van der Waals surface area contributed by atoms with Gasteiger partial charge in [-0.3, -0.25) is 9.48 Å². The average Bonchev–Trinajstić information content (AvgIpc) is 2.93. The van der Waals surface area contributed by atoms with Crippen LogP contribution >= 0.6 is 0 Å². The number of carbonyl (C=O) groups excluding carboxylic acids is 1. The number of allylic oxidation sites excluding steroid dienone is 2. The Labute approximate surface area is 126 Å². The summed E-state index contributed by atoms with van der Waals surface area (Å²) >= 11 is 0. The molecule has 4 heteroatoms. The first kappa shape index (κ1) is 14.4. The van der Waals surface area contributed by atoms with Gasteiger partial charge in [0.25, 0.3) is 0 Å². The van der Waals surface area contributed by atoms with E-state index >= 15 is 0 Å². The Morgan fingerprint density at radius 3 is 2.95 bits per heavy atom. The summed E-state index contributed by atoms with van der Waals surface area (Å²) in [6, 6.07) is 0.316. The first-order valence-electron chi connectivity index (χ1n) is 8.18. The summed E-state index contributed by atoms with van der Waals surface area (Å²) in [5.41, 5.74) is 1.18. The van der Waals surface area contributed by atoms with Gasteiger partial charge in [-0.1, -0.05) is 12.2 Å². The molecule has 1 aromatic rings. The van der Waals surface area contributed by atoms with Gasteiger partial charge in [-0.25, -0.2) is 0 Å². The van der Waals surface area contributed by atoms with E-state index in [-0.39, 0.29) is 5.92 Å². The molecule has 3 rings (SSSR count). The maximum absolute atomic E-state index is 12.8. The molecule has 0 spiro atoms. The fourth-order valence-corrected chi connectivity index (χ4v) is 3.52. The van der Waals surface area contributed by atoms with Crippen molar-refractivity contribution in [3.8, 4) is 0 Å². The lowest BCUT2D eigenvalue weighted by Gasteiger charge is -2.38. The molecule has 114 valence electrons. The first-order valence-corrected chi connectivity index (χ1v) is 8.18. The van der Waals surface area contributed by atoms with Gasteiger partial charge in [0.15, 0.2) is 0 Å². The molecule has 0 unspecified atom stereocenters. The van der Waals surface area contributed by atoms with Crippen molar-refractivity contribution < 1.29 is 4.79 Å². The molecular weight excluding hydrogens is 262 g/mol. The molecule has 0 aromatic carbocycles. The number of hydrogen-bond acceptors (Lipinski definition) is 2. The molecular formula is C17H25N3O. The standard InChI is InChI=1S/C17H25N3O/c1-14-11-18-19(12-14)13-16-9-5-6-10-20(16)17(21)15-7-3-2-4-8-15/h2-3,11-12,15-16H,4-10,13H2,1H3/t15-,16+/m0/s1. The minimum atomic E-state index is 0.204. The van der Waals surface area contributed by atoms with Crippen molar-refractivity contribution in [3.63, 3.8) is 0 Å². The van der Waals surface area contributed by atoms with Gasteiger partial charge in [0.1, 0.15) is 0 Å². The summed E-state index contributed by atoms with van der Waals surface area (Å²) in [4.78, 5) is 15.0. The molecule has 0 bridgehead atoms. The van der Waals surface area contributed by atoms with Gasteiger partial charge in [0, 0.05) is 18.7 Å². The zero-order valence-electron chi connectivity index (χ0n) is 12.9. The molecule has 1 aliphatic heterocycles. The number of hydrogen-bond donors (Lipinski definition) is 0. The van der Waals surface area contributed by atoms with E-state index in [9.17, 15) is 4.79 Å². The largest absolute Gasteiger partial charge is 0.338 e. The van der Waals surface area contributed by atoms with Crippen LogP contribution in [0.4, 0.5) is 0 Å². The summed E-state index contributed by atoms with van der Waals surface area (Å²) in [6.07, 6.45) is 14.8. The van der Waals surface area contributed by atoms with Gasteiger partial charge in [-0.15, -0.1) is 0 Å². The van der Waals surface area contributed by atoms with E-state index in [1.54, 1.807) is 0 Å². The van der Waals surface area contributed by atoms with Crippen LogP contribution in [0.25, 0.3) is 0 Å². The summed E-state index contributed by atoms with van der Waals surface area (Å²) in [5.74, 6) is 0.572. The van der Waals surface area contributed by atoms with Crippen molar-refractivity contribution in [1.29, 1.82) is 0 Å². The topological polar surface area (TPSA) is 38.1 Å². The van der Waals surface area contributed by atoms with Crippen molar-refractivity contribution in [3.05, 3.63) is 30.1 Å². The number of piperidine rings is 1. The molecule has 1 amide bonds. The van der Waals surface area contributed by atoms with Gasteiger partial charge in [0.2, 0.25) is 5.91 Å². The predicted molar refractivity (Wildman–Crippen MR) is 82.8 cm³/mol. The molecule has 0 N–H and O–H groups in total. The number of carbonyl (C=O) groups is 1. The van der Waals surface area contributed by atoms with Crippen molar-refractivity contribution in [2.45, 2.75) is 58.0 Å². The Hall–Kier alpha value is -1.58. The third-order valence-corrected chi connectivity index (χ3v) is 4.69. The van der Waals surface area contributed by atoms with Crippen LogP contribution in [0.5, 0.6) is 0 Å². The fourth-order valence-electron chi connectivity index (χ4n) is 3.52. The van der Waals surface area contributed by atoms with E-state index in [1.807, 2.05) is 10.9 Å². The highest BCUT2D eigenvalue weighted by Gasteiger charge is 2.31. The number of aromatic nitrogens is 2. The van der Waals surface area contributed by atoms with Crippen LogP contribution in [-0.2, 0) is 11.3 Å². The molecule has 2 aliphatic rings. The SMILES string of the molecule is Cc1cnn(C[C@H]2CCCCN2C(=O)[C@H]2CC=CCC2)c1. The molecule has 0 saturated carbocycles. The van der Waals surface area contributed by atoms with Crippen molar-refractivity contribution in [2.75, 3.05) is 6.54 Å². The van der Waals surface area contributed by atoms with Gasteiger partial charge >= 0.3 is 0 Å². The number of amides is 1. The molecule has 4 nitrogen and oxygen atoms in total. The lowest BCUT2D eigenvalue weighted by Crippen LogP contribution is -2.48. The van der Waals surface area contributed by atoms with Gasteiger partial charge < -0.3 is 4.90 Å². The monoisotopic (exact) mass is 287 g/mol. The highest BCUT2D eigenvalue weighted by atomic mass is 16.2. The summed E-state index contributed by atoms with van der Waals surface area (Å²) in [5, 5.41) is 4.38. The average molecular weight is 287 g/mol. The van der Waals surface area contributed by atoms with Crippen LogP contribution in [0.1, 0.15) is 44.1 Å². The van der Waals surface area contributed by atoms with E-state index in [2.05, 4.69) is 35.3 Å². The lowest BCUT2D eigenvalue weighted by atomic mass is 9.91. The molecule has 2 atom stereocenters. The van der Waals surface area contributed by atoms with E-state index in [0.29, 0.717) is 11.9 Å². The van der Waals surface area contributed by atoms with Crippen LogP contribution < -0.4 is 0 Å². The Morgan fingerprint density at radius 1 is 1.33 bits per heavy atom. The van der Waals surface area contributed by atoms with Crippen molar-refractivity contribution >= 4 is 5.91 Å². The number of nitrogens with zero attached hydrogens (tertiary/aromatic N) is 3. The Kier molecular flexibility index (Phi) is 4.42. The van der Waals surface area contributed by atoms with Crippen LogP contribution in [0.2, 0.25) is 0 Å². The van der Waals surface area contributed by atoms with E-state index in [1.165, 1.54) is 12.0 Å². The summed E-state index contributed by atoms with van der Waals surface area (Å²) < 4.78 is 1.99. The maximum atomic E-state index is 12.8. The summed E-state index contributed by atoms with van der Waals surface area (Å²) in [6.45, 7) is 3.81. The van der Waals surface area contributed by atoms with E-state index < -0.39 is 0 Å². The Morgan fingerprint density at radius 2 is 2.24 bits per heavy atom. The van der Waals surface area contributed by atoms with Crippen molar-refractivity contribution in [2.24, 2.45) is 5.92 Å². The molecule has 21 heavy (non-hydrogen) atoms. The van der Waals surface area contributed by atoms with Crippen LogP contribution in [0.3, 0.4) is 0 Å². The number of rotatable bonds is 3. The zero-order valence-corrected chi connectivity index (χ0v) is 12.9. The van der Waals surface area contributed by atoms with Gasteiger partial charge in [0.05, 0.1) is 18.8 Å². The highest BCUT2D eigenvalue weighted by Crippen LogP contribution is 2.26. The zero-order chi connectivity index (χ0) is 14.7. The van der Waals surface area contributed by atoms with Crippen LogP contribution in [0.15, 0.2) is 24.5 Å². The Bertz CT molecular complexity index is 520. The second kappa shape index (κ2) is 6.46. The van der Waals surface area contributed by atoms with Gasteiger partial charge in [-0.2, -0.15) is 5.10 Å². The number of aryl methyl sites for hydroxylation is 1. The molecule has 1 aromatic heterocycles. The van der Waals surface area contributed by atoms with Gasteiger partial charge in [-0.05, 0) is 51.0 Å². The number of likely N-dealkylation sites (tertiary alicyclic amines) is 1. The smallest absolute Gasteiger partial charge is 0.226 e. The van der Waals surface area contributed by atoms with Crippen LogP contribution in [0, 0.1) is 12.8 Å². The quantitative estimate of drug-likeness (QED) is 0.802. The fraction of sp³-hybridized carbons (Fsp3) is 0.647. The minimum absolute atomic E-state index is 0.204. The lowest BCUT2D eigenvalue weighted by molar-refractivity contribution is -0.140. The molecule has 1 fully saturated rings.